The van der Waals surface area contributed by atoms with Crippen molar-refractivity contribution in [2.45, 2.75) is 66.4 Å². The van der Waals surface area contributed by atoms with Crippen LogP contribution >= 0.6 is 0 Å². The standard InChI is InChI=1S/C20H33NO3/c1-8-9-10-24-18-15(4)11-17(12-16(18)5)21-19(22)20(6,23-7)13-14(2)3/h11-12,14H,8-10,13H2,1-7H3,(H,21,22)/t20-/m0/s1. The number of amides is 1. The molecule has 0 aliphatic heterocycles. The van der Waals surface area contributed by atoms with E-state index in [0.717, 1.165) is 42.0 Å². The zero-order chi connectivity index (χ0) is 18.3. The lowest BCUT2D eigenvalue weighted by Crippen LogP contribution is -2.43. The summed E-state index contributed by atoms with van der Waals surface area (Å²) in [5.74, 6) is 1.17. The quantitative estimate of drug-likeness (QED) is 0.655. The third kappa shape index (κ3) is 5.52. The van der Waals surface area contributed by atoms with Gasteiger partial charge in [0, 0.05) is 12.8 Å². The predicted octanol–water partition coefficient (Wildman–Crippen LogP) is 4.87. The average Bonchev–Trinajstić information content (AvgIpc) is 2.49. The Morgan fingerprint density at radius 1 is 1.25 bits per heavy atom. The van der Waals surface area contributed by atoms with Gasteiger partial charge in [-0.3, -0.25) is 4.79 Å². The Hall–Kier alpha value is -1.55. The number of methoxy groups -OCH3 is 1. The number of hydrogen-bond donors (Lipinski definition) is 1. The molecule has 1 rings (SSSR count). The molecule has 0 spiro atoms. The fraction of sp³-hybridized carbons (Fsp3) is 0.650. The summed E-state index contributed by atoms with van der Waals surface area (Å²) in [6, 6.07) is 3.91. The maximum atomic E-state index is 12.7. The van der Waals surface area contributed by atoms with Crippen molar-refractivity contribution in [3.63, 3.8) is 0 Å². The molecule has 0 fully saturated rings. The molecule has 1 aromatic carbocycles. The van der Waals surface area contributed by atoms with E-state index in [1.165, 1.54) is 0 Å². The van der Waals surface area contributed by atoms with Gasteiger partial charge in [0.2, 0.25) is 0 Å². The van der Waals surface area contributed by atoms with Crippen molar-refractivity contribution < 1.29 is 14.3 Å². The molecule has 4 nitrogen and oxygen atoms in total. The number of anilines is 1. The monoisotopic (exact) mass is 335 g/mol. The highest BCUT2D eigenvalue weighted by atomic mass is 16.5. The first-order chi connectivity index (χ1) is 11.2. The van der Waals surface area contributed by atoms with Crippen LogP contribution in [0.15, 0.2) is 12.1 Å². The number of unbranched alkanes of at least 4 members (excludes halogenated alkanes) is 1. The molecule has 0 aromatic heterocycles. The van der Waals surface area contributed by atoms with Crippen molar-refractivity contribution in [1.82, 2.24) is 0 Å². The Bertz CT molecular complexity index is 531. The smallest absolute Gasteiger partial charge is 0.256 e. The van der Waals surface area contributed by atoms with Crippen LogP contribution in [0, 0.1) is 19.8 Å². The molecule has 1 N–H and O–H groups in total. The van der Waals surface area contributed by atoms with E-state index in [2.05, 4.69) is 26.1 Å². The van der Waals surface area contributed by atoms with Crippen LogP contribution in [0.4, 0.5) is 5.69 Å². The highest BCUT2D eigenvalue weighted by molar-refractivity contribution is 5.97. The predicted molar refractivity (Wildman–Crippen MR) is 99.8 cm³/mol. The molecule has 24 heavy (non-hydrogen) atoms. The van der Waals surface area contributed by atoms with Crippen LogP contribution in [0.3, 0.4) is 0 Å². The molecular weight excluding hydrogens is 302 g/mol. The van der Waals surface area contributed by atoms with Crippen LogP contribution in [0.1, 0.15) is 58.1 Å². The highest BCUT2D eigenvalue weighted by Gasteiger charge is 2.34. The fourth-order valence-corrected chi connectivity index (χ4v) is 2.88. The molecule has 0 aliphatic rings. The molecule has 1 aromatic rings. The molecule has 0 aliphatic carbocycles. The topological polar surface area (TPSA) is 47.6 Å². The van der Waals surface area contributed by atoms with Crippen LogP contribution in [0.2, 0.25) is 0 Å². The molecule has 0 bridgehead atoms. The maximum absolute atomic E-state index is 12.7. The van der Waals surface area contributed by atoms with E-state index in [1.807, 2.05) is 32.9 Å². The van der Waals surface area contributed by atoms with Crippen molar-refractivity contribution in [2.75, 3.05) is 19.0 Å². The van der Waals surface area contributed by atoms with Gasteiger partial charge >= 0.3 is 0 Å². The Labute approximate surface area is 146 Å². The molecule has 1 atom stereocenters. The van der Waals surface area contributed by atoms with E-state index < -0.39 is 5.60 Å². The van der Waals surface area contributed by atoms with Gasteiger partial charge in [-0.2, -0.15) is 0 Å². The lowest BCUT2D eigenvalue weighted by Gasteiger charge is -2.28. The summed E-state index contributed by atoms with van der Waals surface area (Å²) < 4.78 is 11.4. The first-order valence-corrected chi connectivity index (χ1v) is 8.84. The SMILES string of the molecule is CCCCOc1c(C)cc(NC(=O)[C@](C)(CC(C)C)OC)cc1C. The zero-order valence-corrected chi connectivity index (χ0v) is 16.3. The number of carbonyl (C=O) groups is 1. The Morgan fingerprint density at radius 3 is 2.29 bits per heavy atom. The summed E-state index contributed by atoms with van der Waals surface area (Å²) in [4.78, 5) is 12.7. The van der Waals surface area contributed by atoms with Gasteiger partial charge < -0.3 is 14.8 Å². The summed E-state index contributed by atoms with van der Waals surface area (Å²) in [6.45, 7) is 12.9. The lowest BCUT2D eigenvalue weighted by atomic mass is 9.93. The Kier molecular flexibility index (Phi) is 7.74. The number of rotatable bonds is 9. The Balaban J connectivity index is 2.90. The van der Waals surface area contributed by atoms with Gasteiger partial charge in [-0.05, 0) is 62.8 Å². The van der Waals surface area contributed by atoms with E-state index >= 15 is 0 Å². The molecule has 4 heteroatoms. The average molecular weight is 335 g/mol. The summed E-state index contributed by atoms with van der Waals surface area (Å²) in [7, 11) is 1.59. The van der Waals surface area contributed by atoms with Gasteiger partial charge in [-0.1, -0.05) is 27.2 Å². The van der Waals surface area contributed by atoms with Crippen molar-refractivity contribution in [1.29, 1.82) is 0 Å². The van der Waals surface area contributed by atoms with Crippen LogP contribution < -0.4 is 10.1 Å². The number of benzene rings is 1. The molecule has 0 saturated carbocycles. The second-order valence-electron chi connectivity index (χ2n) is 7.13. The van der Waals surface area contributed by atoms with Crippen molar-refractivity contribution in [2.24, 2.45) is 5.92 Å². The number of ether oxygens (including phenoxy) is 2. The summed E-state index contributed by atoms with van der Waals surface area (Å²) in [5, 5.41) is 3.00. The molecule has 0 unspecified atom stereocenters. The fourth-order valence-electron chi connectivity index (χ4n) is 2.88. The van der Waals surface area contributed by atoms with Crippen LogP contribution in [-0.2, 0) is 9.53 Å². The van der Waals surface area contributed by atoms with Gasteiger partial charge in [0.1, 0.15) is 11.4 Å². The summed E-state index contributed by atoms with van der Waals surface area (Å²) >= 11 is 0. The molecule has 0 saturated heterocycles. The van der Waals surface area contributed by atoms with E-state index in [9.17, 15) is 4.79 Å². The third-order valence-electron chi connectivity index (χ3n) is 4.19. The first-order valence-electron chi connectivity index (χ1n) is 8.84. The Morgan fingerprint density at radius 2 is 1.83 bits per heavy atom. The molecule has 0 radical (unpaired) electrons. The van der Waals surface area contributed by atoms with Crippen molar-refractivity contribution in [3.05, 3.63) is 23.3 Å². The summed E-state index contributed by atoms with van der Waals surface area (Å²) in [6.07, 6.45) is 2.82. The van der Waals surface area contributed by atoms with Crippen LogP contribution in [-0.4, -0.2) is 25.2 Å². The zero-order valence-electron chi connectivity index (χ0n) is 16.3. The van der Waals surface area contributed by atoms with Gasteiger partial charge in [0.25, 0.3) is 5.91 Å². The maximum Gasteiger partial charge on any atom is 0.256 e. The number of aryl methyl sites for hydroxylation is 2. The minimum Gasteiger partial charge on any atom is -0.493 e. The number of carbonyl (C=O) groups excluding carboxylic acids is 1. The normalized spacial score (nSPS) is 13.7. The van der Waals surface area contributed by atoms with Gasteiger partial charge in [0.05, 0.1) is 6.61 Å². The minimum absolute atomic E-state index is 0.114. The van der Waals surface area contributed by atoms with E-state index in [1.54, 1.807) is 7.11 Å². The van der Waals surface area contributed by atoms with Gasteiger partial charge in [-0.15, -0.1) is 0 Å². The highest BCUT2D eigenvalue weighted by Crippen LogP contribution is 2.29. The van der Waals surface area contributed by atoms with Crippen LogP contribution in [0.5, 0.6) is 5.75 Å². The van der Waals surface area contributed by atoms with Crippen LogP contribution in [0.25, 0.3) is 0 Å². The molecule has 1 amide bonds. The van der Waals surface area contributed by atoms with Gasteiger partial charge in [0.15, 0.2) is 0 Å². The lowest BCUT2D eigenvalue weighted by molar-refractivity contribution is -0.137. The third-order valence-corrected chi connectivity index (χ3v) is 4.19. The van der Waals surface area contributed by atoms with E-state index in [0.29, 0.717) is 12.3 Å². The minimum atomic E-state index is -0.827. The molecule has 136 valence electrons. The largest absolute Gasteiger partial charge is 0.493 e. The van der Waals surface area contributed by atoms with Crippen molar-refractivity contribution in [3.8, 4) is 5.75 Å². The second-order valence-corrected chi connectivity index (χ2v) is 7.13. The van der Waals surface area contributed by atoms with E-state index in [-0.39, 0.29) is 5.91 Å². The number of hydrogen-bond acceptors (Lipinski definition) is 3. The number of nitrogens with one attached hydrogen (secondary N) is 1. The van der Waals surface area contributed by atoms with Gasteiger partial charge in [-0.25, -0.2) is 0 Å². The second kappa shape index (κ2) is 9.07. The molecule has 0 heterocycles. The summed E-state index contributed by atoms with van der Waals surface area (Å²) in [5.41, 5.74) is 2.02. The van der Waals surface area contributed by atoms with E-state index in [4.69, 9.17) is 9.47 Å². The first kappa shape index (κ1) is 20.5. The molecular formula is C20H33NO3. The van der Waals surface area contributed by atoms with Crippen molar-refractivity contribution >= 4 is 11.6 Å².